The van der Waals surface area contributed by atoms with E-state index in [1.54, 1.807) is 6.92 Å². The first-order valence-electron chi connectivity index (χ1n) is 2.57. The van der Waals surface area contributed by atoms with E-state index in [1.807, 2.05) is 0 Å². The van der Waals surface area contributed by atoms with Gasteiger partial charge in [-0.15, -0.1) is 11.3 Å². The van der Waals surface area contributed by atoms with E-state index >= 15 is 0 Å². The zero-order valence-electron chi connectivity index (χ0n) is 5.29. The van der Waals surface area contributed by atoms with Gasteiger partial charge in [0, 0.05) is 5.59 Å². The third-order valence-corrected chi connectivity index (χ3v) is 1.93. The lowest BCUT2D eigenvalue weighted by Gasteiger charge is -1.84. The quantitative estimate of drug-likeness (QED) is 0.575. The zero-order valence-corrected chi connectivity index (χ0v) is 6.10. The fraction of sp³-hybridized carbons (Fsp3) is 0.200. The van der Waals surface area contributed by atoms with Gasteiger partial charge in [0.25, 0.3) is 0 Å². The highest BCUT2D eigenvalue weighted by molar-refractivity contribution is 7.14. The Labute approximate surface area is 63.1 Å². The summed E-state index contributed by atoms with van der Waals surface area (Å²) in [5, 5.41) is 9.15. The standard InChI is InChI=1S/C5H4BNO2S/c1-2-7-4(6)3(10-2)5(8)9/h1H3,(H,8,9). The maximum Gasteiger partial charge on any atom is 0.346 e. The molecule has 0 saturated carbocycles. The molecule has 1 N–H and O–H groups in total. The van der Waals surface area contributed by atoms with E-state index in [2.05, 4.69) is 4.98 Å². The van der Waals surface area contributed by atoms with Crippen molar-refractivity contribution in [2.45, 2.75) is 6.92 Å². The maximum atomic E-state index is 10.3. The first-order chi connectivity index (χ1) is 4.61. The first kappa shape index (κ1) is 7.27. The lowest BCUT2D eigenvalue weighted by atomic mass is 10.0. The molecule has 50 valence electrons. The van der Waals surface area contributed by atoms with Crippen LogP contribution in [0.4, 0.5) is 0 Å². The minimum atomic E-state index is -1.01. The number of aryl methyl sites for hydroxylation is 1. The fourth-order valence-electron chi connectivity index (χ4n) is 0.596. The Morgan fingerprint density at radius 1 is 1.80 bits per heavy atom. The van der Waals surface area contributed by atoms with Gasteiger partial charge in [0.15, 0.2) is 0 Å². The Morgan fingerprint density at radius 2 is 2.40 bits per heavy atom. The third-order valence-electron chi connectivity index (χ3n) is 0.955. The van der Waals surface area contributed by atoms with Gasteiger partial charge in [-0.05, 0) is 6.92 Å². The SMILES string of the molecule is [B]c1nc(C)sc1C(=O)O. The number of hydrogen-bond donors (Lipinski definition) is 1. The summed E-state index contributed by atoms with van der Waals surface area (Å²) in [5.74, 6) is -1.01. The summed E-state index contributed by atoms with van der Waals surface area (Å²) in [6.07, 6.45) is 0. The highest BCUT2D eigenvalue weighted by Crippen LogP contribution is 2.07. The molecule has 1 aromatic heterocycles. The summed E-state index contributed by atoms with van der Waals surface area (Å²) in [7, 11) is 5.26. The summed E-state index contributed by atoms with van der Waals surface area (Å²) < 4.78 is 0. The number of rotatable bonds is 1. The molecule has 0 fully saturated rings. The van der Waals surface area contributed by atoms with E-state index in [4.69, 9.17) is 13.0 Å². The molecule has 0 spiro atoms. The van der Waals surface area contributed by atoms with Crippen LogP contribution in [0.3, 0.4) is 0 Å². The van der Waals surface area contributed by atoms with Crippen LogP contribution < -0.4 is 5.59 Å². The van der Waals surface area contributed by atoms with Gasteiger partial charge in [-0.25, -0.2) is 4.79 Å². The second kappa shape index (κ2) is 2.42. The normalized spacial score (nSPS) is 9.70. The van der Waals surface area contributed by atoms with Crippen molar-refractivity contribution in [1.82, 2.24) is 4.98 Å². The lowest BCUT2D eigenvalue weighted by Crippen LogP contribution is -2.13. The van der Waals surface area contributed by atoms with Crippen LogP contribution in [0.5, 0.6) is 0 Å². The summed E-state index contributed by atoms with van der Waals surface area (Å²) in [6, 6.07) is 0. The highest BCUT2D eigenvalue weighted by atomic mass is 32.1. The van der Waals surface area contributed by atoms with E-state index in [-0.39, 0.29) is 10.5 Å². The Morgan fingerprint density at radius 3 is 2.60 bits per heavy atom. The number of carboxylic acids is 1. The number of carboxylic acid groups (broad SMARTS) is 1. The minimum absolute atomic E-state index is 0.106. The summed E-state index contributed by atoms with van der Waals surface area (Å²) in [4.78, 5) is 14.2. The van der Waals surface area contributed by atoms with Crippen molar-refractivity contribution in [1.29, 1.82) is 0 Å². The molecule has 1 aromatic rings. The second-order valence-corrected chi connectivity index (χ2v) is 2.96. The van der Waals surface area contributed by atoms with Crippen LogP contribution in [-0.4, -0.2) is 23.9 Å². The van der Waals surface area contributed by atoms with E-state index < -0.39 is 5.97 Å². The number of thiazole rings is 1. The molecule has 0 aliphatic carbocycles. The molecule has 5 heteroatoms. The lowest BCUT2D eigenvalue weighted by molar-refractivity contribution is 0.0703. The number of nitrogens with zero attached hydrogens (tertiary/aromatic N) is 1. The van der Waals surface area contributed by atoms with Crippen LogP contribution >= 0.6 is 11.3 Å². The average molecular weight is 153 g/mol. The smallest absolute Gasteiger partial charge is 0.346 e. The van der Waals surface area contributed by atoms with Crippen LogP contribution in [0.1, 0.15) is 14.7 Å². The number of carbonyl (C=O) groups is 1. The molecular formula is C5H4BNO2S. The molecule has 1 heterocycles. The van der Waals surface area contributed by atoms with Crippen molar-refractivity contribution in [2.24, 2.45) is 0 Å². The van der Waals surface area contributed by atoms with Gasteiger partial charge in [0.05, 0.1) is 5.01 Å². The Bertz CT molecular complexity index is 271. The van der Waals surface area contributed by atoms with Crippen molar-refractivity contribution >= 4 is 30.7 Å². The largest absolute Gasteiger partial charge is 0.477 e. The predicted molar refractivity (Wildman–Crippen MR) is 39.2 cm³/mol. The highest BCUT2D eigenvalue weighted by Gasteiger charge is 2.10. The molecule has 2 radical (unpaired) electrons. The summed E-state index contributed by atoms with van der Waals surface area (Å²) in [6.45, 7) is 1.72. The van der Waals surface area contributed by atoms with Crippen LogP contribution in [0.15, 0.2) is 0 Å². The van der Waals surface area contributed by atoms with Crippen LogP contribution in [0, 0.1) is 6.92 Å². The molecule has 10 heavy (non-hydrogen) atoms. The van der Waals surface area contributed by atoms with Crippen molar-refractivity contribution in [2.75, 3.05) is 0 Å². The van der Waals surface area contributed by atoms with Gasteiger partial charge in [0.1, 0.15) is 12.7 Å². The minimum Gasteiger partial charge on any atom is -0.477 e. The molecular weight excluding hydrogens is 149 g/mol. The van der Waals surface area contributed by atoms with Gasteiger partial charge >= 0.3 is 5.97 Å². The van der Waals surface area contributed by atoms with Gasteiger partial charge in [0.2, 0.25) is 0 Å². The van der Waals surface area contributed by atoms with Gasteiger partial charge in [-0.3, -0.25) is 4.98 Å². The molecule has 0 aliphatic rings. The summed E-state index contributed by atoms with van der Waals surface area (Å²) in [5.41, 5.74) is 0.106. The average Bonchev–Trinajstić information content (AvgIpc) is 2.10. The van der Waals surface area contributed by atoms with Gasteiger partial charge < -0.3 is 5.11 Å². The number of aromatic nitrogens is 1. The van der Waals surface area contributed by atoms with Crippen LogP contribution in [0.25, 0.3) is 0 Å². The Balaban J connectivity index is 3.15. The third kappa shape index (κ3) is 1.18. The molecule has 0 unspecified atom stereocenters. The second-order valence-electron chi connectivity index (χ2n) is 1.75. The zero-order chi connectivity index (χ0) is 7.72. The van der Waals surface area contributed by atoms with Gasteiger partial charge in [-0.2, -0.15) is 0 Å². The van der Waals surface area contributed by atoms with Crippen LogP contribution in [-0.2, 0) is 0 Å². The van der Waals surface area contributed by atoms with E-state index in [9.17, 15) is 4.79 Å². The number of aromatic carboxylic acids is 1. The molecule has 0 aromatic carbocycles. The maximum absolute atomic E-state index is 10.3. The van der Waals surface area contributed by atoms with Crippen molar-refractivity contribution in [3.05, 3.63) is 9.88 Å². The van der Waals surface area contributed by atoms with E-state index in [0.29, 0.717) is 5.01 Å². The molecule has 0 aliphatic heterocycles. The molecule has 0 saturated heterocycles. The van der Waals surface area contributed by atoms with Crippen molar-refractivity contribution in [3.8, 4) is 0 Å². The fourth-order valence-corrected chi connectivity index (χ4v) is 1.27. The van der Waals surface area contributed by atoms with Crippen molar-refractivity contribution < 1.29 is 9.90 Å². The van der Waals surface area contributed by atoms with E-state index in [1.165, 1.54) is 0 Å². The topological polar surface area (TPSA) is 50.2 Å². The summed E-state index contributed by atoms with van der Waals surface area (Å²) >= 11 is 1.09. The number of hydrogen-bond acceptors (Lipinski definition) is 3. The molecule has 3 nitrogen and oxygen atoms in total. The molecule has 0 bridgehead atoms. The predicted octanol–water partition coefficient (Wildman–Crippen LogP) is -0.0565. The van der Waals surface area contributed by atoms with E-state index in [0.717, 1.165) is 11.3 Å². The Kier molecular flexibility index (Phi) is 1.76. The first-order valence-corrected chi connectivity index (χ1v) is 3.39. The molecule has 0 atom stereocenters. The van der Waals surface area contributed by atoms with Crippen molar-refractivity contribution in [3.63, 3.8) is 0 Å². The van der Waals surface area contributed by atoms with Crippen LogP contribution in [0.2, 0.25) is 0 Å². The Hall–Kier alpha value is -0.835. The molecule has 1 rings (SSSR count). The monoisotopic (exact) mass is 153 g/mol. The van der Waals surface area contributed by atoms with Gasteiger partial charge in [-0.1, -0.05) is 0 Å². The molecule has 0 amide bonds.